The number of carbonyl (C=O) groups excluding carboxylic acids is 2. The zero-order chi connectivity index (χ0) is 16.8. The van der Waals surface area contributed by atoms with E-state index in [0.29, 0.717) is 24.2 Å². The van der Waals surface area contributed by atoms with Gasteiger partial charge >= 0.3 is 11.9 Å². The molecule has 1 N–H and O–H groups in total. The van der Waals surface area contributed by atoms with E-state index < -0.39 is 18.0 Å². The standard InChI is InChI=1S/C16H19NO6/c1-22-16(21)12-5-3-2-4-11(12)6-7-14(18)17-8-9-23-10-13(17)15(19)20/h2-5,13H,6-10H2,1H3,(H,19,20). The van der Waals surface area contributed by atoms with Gasteiger partial charge in [-0.2, -0.15) is 0 Å². The number of carbonyl (C=O) groups is 3. The molecule has 1 amide bonds. The number of nitrogens with zero attached hydrogens (tertiary/aromatic N) is 1. The first kappa shape index (κ1) is 17.0. The van der Waals surface area contributed by atoms with Crippen LogP contribution in [0.4, 0.5) is 0 Å². The molecule has 2 rings (SSSR count). The maximum atomic E-state index is 12.3. The van der Waals surface area contributed by atoms with Crippen molar-refractivity contribution < 1.29 is 29.0 Å². The Balaban J connectivity index is 2.04. The lowest BCUT2D eigenvalue weighted by molar-refractivity contribution is -0.158. The Kier molecular flexibility index (Phi) is 5.70. The molecule has 1 aliphatic heterocycles. The van der Waals surface area contributed by atoms with Crippen molar-refractivity contribution in [3.8, 4) is 0 Å². The molecule has 23 heavy (non-hydrogen) atoms. The number of hydrogen-bond acceptors (Lipinski definition) is 5. The van der Waals surface area contributed by atoms with E-state index in [1.54, 1.807) is 24.3 Å². The molecule has 0 aliphatic carbocycles. The first-order valence-electron chi connectivity index (χ1n) is 7.31. The average Bonchev–Trinajstić information content (AvgIpc) is 2.59. The lowest BCUT2D eigenvalue weighted by atomic mass is 10.0. The first-order chi connectivity index (χ1) is 11.0. The number of carboxylic acid groups (broad SMARTS) is 1. The molecule has 1 saturated heterocycles. The highest BCUT2D eigenvalue weighted by Gasteiger charge is 2.32. The second kappa shape index (κ2) is 7.73. The van der Waals surface area contributed by atoms with Gasteiger partial charge in [0.15, 0.2) is 6.04 Å². The fourth-order valence-corrected chi connectivity index (χ4v) is 2.54. The summed E-state index contributed by atoms with van der Waals surface area (Å²) in [4.78, 5) is 36.6. The maximum absolute atomic E-state index is 12.3. The molecule has 1 aliphatic rings. The van der Waals surface area contributed by atoms with Crippen molar-refractivity contribution in [3.63, 3.8) is 0 Å². The summed E-state index contributed by atoms with van der Waals surface area (Å²) in [6, 6.07) is 5.95. The summed E-state index contributed by atoms with van der Waals surface area (Å²) >= 11 is 0. The highest BCUT2D eigenvalue weighted by Crippen LogP contribution is 2.15. The lowest BCUT2D eigenvalue weighted by Crippen LogP contribution is -2.52. The number of ether oxygens (including phenoxy) is 2. The Morgan fingerprint density at radius 3 is 2.78 bits per heavy atom. The molecule has 1 heterocycles. The van der Waals surface area contributed by atoms with Crippen molar-refractivity contribution in [1.29, 1.82) is 0 Å². The fraction of sp³-hybridized carbons (Fsp3) is 0.438. The number of carboxylic acids is 1. The van der Waals surface area contributed by atoms with Gasteiger partial charge in [0.25, 0.3) is 0 Å². The Hall–Kier alpha value is -2.41. The number of rotatable bonds is 5. The minimum atomic E-state index is -1.08. The molecule has 0 spiro atoms. The van der Waals surface area contributed by atoms with Gasteiger partial charge in [0, 0.05) is 13.0 Å². The molecular formula is C16H19NO6. The minimum Gasteiger partial charge on any atom is -0.480 e. The van der Waals surface area contributed by atoms with Crippen LogP contribution < -0.4 is 0 Å². The molecule has 0 aromatic heterocycles. The molecule has 124 valence electrons. The number of esters is 1. The van der Waals surface area contributed by atoms with Crippen LogP contribution in [-0.4, -0.2) is 60.8 Å². The van der Waals surface area contributed by atoms with Crippen LogP contribution in [-0.2, 0) is 25.5 Å². The zero-order valence-corrected chi connectivity index (χ0v) is 12.9. The number of hydrogen-bond donors (Lipinski definition) is 1. The molecule has 7 heteroatoms. The number of morpholine rings is 1. The molecule has 1 fully saturated rings. The predicted molar refractivity (Wildman–Crippen MR) is 80.1 cm³/mol. The molecule has 0 saturated carbocycles. The Labute approximate surface area is 133 Å². The van der Waals surface area contributed by atoms with Crippen LogP contribution in [0.1, 0.15) is 22.3 Å². The van der Waals surface area contributed by atoms with Gasteiger partial charge in [0.1, 0.15) is 0 Å². The third kappa shape index (κ3) is 4.07. The van der Waals surface area contributed by atoms with E-state index in [-0.39, 0.29) is 25.5 Å². The van der Waals surface area contributed by atoms with Gasteiger partial charge in [0.05, 0.1) is 25.9 Å². The van der Waals surface area contributed by atoms with Crippen LogP contribution in [0.2, 0.25) is 0 Å². The fourth-order valence-electron chi connectivity index (χ4n) is 2.54. The SMILES string of the molecule is COC(=O)c1ccccc1CCC(=O)N1CCOCC1C(=O)O. The summed E-state index contributed by atoms with van der Waals surface area (Å²) in [7, 11) is 1.30. The average molecular weight is 321 g/mol. The lowest BCUT2D eigenvalue weighted by Gasteiger charge is -2.33. The van der Waals surface area contributed by atoms with Crippen LogP contribution in [0.15, 0.2) is 24.3 Å². The number of amides is 1. The van der Waals surface area contributed by atoms with Crippen molar-refractivity contribution in [2.24, 2.45) is 0 Å². The van der Waals surface area contributed by atoms with Gasteiger partial charge in [0.2, 0.25) is 5.91 Å². The van der Waals surface area contributed by atoms with Crippen molar-refractivity contribution in [3.05, 3.63) is 35.4 Å². The van der Waals surface area contributed by atoms with Gasteiger partial charge in [-0.05, 0) is 18.1 Å². The van der Waals surface area contributed by atoms with Crippen LogP contribution in [0.25, 0.3) is 0 Å². The van der Waals surface area contributed by atoms with Crippen molar-refractivity contribution in [2.75, 3.05) is 26.9 Å². The van der Waals surface area contributed by atoms with E-state index in [0.717, 1.165) is 0 Å². The van der Waals surface area contributed by atoms with E-state index in [1.165, 1.54) is 12.0 Å². The molecule has 7 nitrogen and oxygen atoms in total. The van der Waals surface area contributed by atoms with Crippen molar-refractivity contribution in [1.82, 2.24) is 4.90 Å². The Bertz CT molecular complexity index is 600. The Morgan fingerprint density at radius 2 is 2.09 bits per heavy atom. The Morgan fingerprint density at radius 1 is 1.35 bits per heavy atom. The van der Waals surface area contributed by atoms with E-state index in [2.05, 4.69) is 0 Å². The molecule has 0 radical (unpaired) electrons. The van der Waals surface area contributed by atoms with E-state index in [4.69, 9.17) is 14.6 Å². The van der Waals surface area contributed by atoms with Gasteiger partial charge in [-0.15, -0.1) is 0 Å². The zero-order valence-electron chi connectivity index (χ0n) is 12.9. The highest BCUT2D eigenvalue weighted by atomic mass is 16.5. The van der Waals surface area contributed by atoms with Crippen LogP contribution in [0, 0.1) is 0 Å². The number of benzene rings is 1. The topological polar surface area (TPSA) is 93.1 Å². The van der Waals surface area contributed by atoms with Gasteiger partial charge in [-0.25, -0.2) is 9.59 Å². The third-order valence-corrected chi connectivity index (χ3v) is 3.76. The first-order valence-corrected chi connectivity index (χ1v) is 7.31. The molecule has 1 atom stereocenters. The summed E-state index contributed by atoms with van der Waals surface area (Å²) in [5, 5.41) is 9.16. The largest absolute Gasteiger partial charge is 0.480 e. The summed E-state index contributed by atoms with van der Waals surface area (Å²) in [6.45, 7) is 0.586. The van der Waals surface area contributed by atoms with Gasteiger partial charge in [-0.1, -0.05) is 18.2 Å². The summed E-state index contributed by atoms with van der Waals surface area (Å²) in [5.41, 5.74) is 1.12. The number of aliphatic carboxylic acids is 1. The van der Waals surface area contributed by atoms with Crippen LogP contribution in [0.3, 0.4) is 0 Å². The molecule has 1 aromatic rings. The van der Waals surface area contributed by atoms with Crippen LogP contribution >= 0.6 is 0 Å². The highest BCUT2D eigenvalue weighted by molar-refractivity contribution is 5.91. The quantitative estimate of drug-likeness (QED) is 0.803. The van der Waals surface area contributed by atoms with Gasteiger partial charge < -0.3 is 19.5 Å². The second-order valence-electron chi connectivity index (χ2n) is 5.16. The molecular weight excluding hydrogens is 302 g/mol. The molecule has 1 unspecified atom stereocenters. The summed E-state index contributed by atoms with van der Waals surface area (Å²) in [6.07, 6.45) is 0.464. The normalized spacial score (nSPS) is 17.6. The maximum Gasteiger partial charge on any atom is 0.338 e. The second-order valence-corrected chi connectivity index (χ2v) is 5.16. The predicted octanol–water partition coefficient (Wildman–Crippen LogP) is 0.718. The minimum absolute atomic E-state index is 0.000178. The van der Waals surface area contributed by atoms with Crippen molar-refractivity contribution in [2.45, 2.75) is 18.9 Å². The van der Waals surface area contributed by atoms with E-state index in [1.807, 2.05) is 0 Å². The smallest absolute Gasteiger partial charge is 0.338 e. The molecule has 0 bridgehead atoms. The van der Waals surface area contributed by atoms with Crippen molar-refractivity contribution >= 4 is 17.8 Å². The monoisotopic (exact) mass is 321 g/mol. The third-order valence-electron chi connectivity index (χ3n) is 3.76. The number of methoxy groups -OCH3 is 1. The van der Waals surface area contributed by atoms with E-state index in [9.17, 15) is 14.4 Å². The summed E-state index contributed by atoms with van der Waals surface area (Å²) < 4.78 is 9.84. The van der Waals surface area contributed by atoms with Gasteiger partial charge in [-0.3, -0.25) is 4.79 Å². The number of aryl methyl sites for hydroxylation is 1. The molecule has 1 aromatic carbocycles. The van der Waals surface area contributed by atoms with Crippen LogP contribution in [0.5, 0.6) is 0 Å². The summed E-state index contributed by atoms with van der Waals surface area (Å²) in [5.74, 6) is -1.80. The van der Waals surface area contributed by atoms with E-state index >= 15 is 0 Å².